The average molecular weight is 481 g/mol. The quantitative estimate of drug-likeness (QED) is 0.544. The Morgan fingerprint density at radius 3 is 2.47 bits per heavy atom. The lowest BCUT2D eigenvalue weighted by molar-refractivity contribution is 0.0950. The van der Waals surface area contributed by atoms with E-state index in [1.54, 1.807) is 25.2 Å². The summed E-state index contributed by atoms with van der Waals surface area (Å²) >= 11 is 0. The molecule has 0 spiro atoms. The van der Waals surface area contributed by atoms with Crippen LogP contribution in [-0.2, 0) is 16.6 Å². The predicted octanol–water partition coefficient (Wildman–Crippen LogP) is 4.37. The standard InChI is InChI=1S/C26H32N4O3S/c1-19-25(20(2)30(28-19)23-14-8-5-9-15-23)18-27-26(31)21-11-10-16-24(17-21)34(32,33)29(3)22-12-6-4-7-13-22/h5,8-11,14-17,22H,4,6-7,12-13,18H2,1-3H3,(H,27,31). The van der Waals surface area contributed by atoms with Crippen LogP contribution < -0.4 is 5.32 Å². The molecule has 0 radical (unpaired) electrons. The number of amides is 1. The minimum absolute atomic E-state index is 0.0170. The zero-order valence-electron chi connectivity index (χ0n) is 20.0. The number of carbonyl (C=O) groups excluding carboxylic acids is 1. The lowest BCUT2D eigenvalue weighted by Gasteiger charge is -2.30. The van der Waals surface area contributed by atoms with Crippen molar-refractivity contribution in [3.05, 3.63) is 77.1 Å². The molecule has 2 aromatic carbocycles. The number of nitrogens with zero attached hydrogens (tertiary/aromatic N) is 3. The van der Waals surface area contributed by atoms with Gasteiger partial charge in [-0.25, -0.2) is 13.1 Å². The Bertz CT molecular complexity index is 1260. The van der Waals surface area contributed by atoms with Gasteiger partial charge in [0.2, 0.25) is 10.0 Å². The zero-order valence-corrected chi connectivity index (χ0v) is 20.8. The van der Waals surface area contributed by atoms with Crippen LogP contribution in [0.4, 0.5) is 0 Å². The van der Waals surface area contributed by atoms with E-state index in [1.807, 2.05) is 48.9 Å². The lowest BCUT2D eigenvalue weighted by Crippen LogP contribution is -2.38. The van der Waals surface area contributed by atoms with Gasteiger partial charge in [0.05, 0.1) is 16.3 Å². The van der Waals surface area contributed by atoms with Gasteiger partial charge >= 0.3 is 0 Å². The van der Waals surface area contributed by atoms with Gasteiger partial charge in [-0.05, 0) is 57.0 Å². The molecule has 1 N–H and O–H groups in total. The molecule has 1 aliphatic carbocycles. The third-order valence-corrected chi connectivity index (χ3v) is 8.64. The summed E-state index contributed by atoms with van der Waals surface area (Å²) in [5, 5.41) is 7.55. The maximum absolute atomic E-state index is 13.2. The largest absolute Gasteiger partial charge is 0.348 e. The van der Waals surface area contributed by atoms with E-state index >= 15 is 0 Å². The molecule has 0 atom stereocenters. The molecule has 0 unspecified atom stereocenters. The van der Waals surface area contributed by atoms with Crippen molar-refractivity contribution in [2.45, 2.75) is 63.4 Å². The Morgan fingerprint density at radius 1 is 1.06 bits per heavy atom. The summed E-state index contributed by atoms with van der Waals surface area (Å²) in [5.74, 6) is -0.316. The first-order valence-electron chi connectivity index (χ1n) is 11.8. The monoisotopic (exact) mass is 480 g/mol. The number of aromatic nitrogens is 2. The van der Waals surface area contributed by atoms with Gasteiger partial charge in [-0.2, -0.15) is 9.40 Å². The van der Waals surface area contributed by atoms with Crippen LogP contribution in [0.3, 0.4) is 0 Å². The van der Waals surface area contributed by atoms with E-state index < -0.39 is 10.0 Å². The summed E-state index contributed by atoms with van der Waals surface area (Å²) in [6.07, 6.45) is 5.01. The molecule has 1 aliphatic rings. The molecule has 8 heteroatoms. The van der Waals surface area contributed by atoms with Gasteiger partial charge in [-0.1, -0.05) is 43.5 Å². The fourth-order valence-corrected chi connectivity index (χ4v) is 6.09. The van der Waals surface area contributed by atoms with Crippen LogP contribution in [-0.4, -0.2) is 41.5 Å². The van der Waals surface area contributed by atoms with Crippen molar-refractivity contribution in [2.24, 2.45) is 0 Å². The molecule has 3 aromatic rings. The SMILES string of the molecule is Cc1nn(-c2ccccc2)c(C)c1CNC(=O)c1cccc(S(=O)(=O)N(C)C2CCCCC2)c1. The van der Waals surface area contributed by atoms with Crippen LogP contribution in [0.1, 0.15) is 59.4 Å². The third-order valence-electron chi connectivity index (χ3n) is 6.73. The highest BCUT2D eigenvalue weighted by atomic mass is 32.2. The van der Waals surface area contributed by atoms with Crippen molar-refractivity contribution in [1.29, 1.82) is 0 Å². The van der Waals surface area contributed by atoms with Crippen LogP contribution >= 0.6 is 0 Å². The molecule has 1 fully saturated rings. The fourth-order valence-electron chi connectivity index (χ4n) is 4.63. The highest BCUT2D eigenvalue weighted by Crippen LogP contribution is 2.27. The second kappa shape index (κ2) is 10.1. The van der Waals surface area contributed by atoms with E-state index in [0.717, 1.165) is 54.7 Å². The molecule has 180 valence electrons. The summed E-state index contributed by atoms with van der Waals surface area (Å²) in [6, 6.07) is 16.2. The second-order valence-corrected chi connectivity index (χ2v) is 10.9. The Kier molecular flexibility index (Phi) is 7.19. The first kappa shape index (κ1) is 24.2. The van der Waals surface area contributed by atoms with Gasteiger partial charge in [0.25, 0.3) is 5.91 Å². The van der Waals surface area contributed by atoms with Crippen molar-refractivity contribution >= 4 is 15.9 Å². The van der Waals surface area contributed by atoms with E-state index in [9.17, 15) is 13.2 Å². The van der Waals surface area contributed by atoms with E-state index in [0.29, 0.717) is 12.1 Å². The van der Waals surface area contributed by atoms with Gasteiger partial charge in [0.1, 0.15) is 0 Å². The summed E-state index contributed by atoms with van der Waals surface area (Å²) in [6.45, 7) is 4.20. The molecule has 0 aliphatic heterocycles. The molecule has 1 saturated carbocycles. The number of aryl methyl sites for hydroxylation is 1. The van der Waals surface area contributed by atoms with Crippen LogP contribution in [0.5, 0.6) is 0 Å². The summed E-state index contributed by atoms with van der Waals surface area (Å²) in [7, 11) is -2.02. The molecule has 1 aromatic heterocycles. The van der Waals surface area contributed by atoms with E-state index in [4.69, 9.17) is 0 Å². The fraction of sp³-hybridized carbons (Fsp3) is 0.385. The predicted molar refractivity (Wildman–Crippen MR) is 132 cm³/mol. The molecular weight excluding hydrogens is 448 g/mol. The number of rotatable bonds is 7. The molecular formula is C26H32N4O3S. The number of benzene rings is 2. The van der Waals surface area contributed by atoms with Crippen LogP contribution in [0.25, 0.3) is 5.69 Å². The Labute approximate surface area is 201 Å². The van der Waals surface area contributed by atoms with Crippen LogP contribution in [0, 0.1) is 13.8 Å². The van der Waals surface area contributed by atoms with Crippen molar-refractivity contribution < 1.29 is 13.2 Å². The van der Waals surface area contributed by atoms with Crippen LogP contribution in [0.15, 0.2) is 59.5 Å². The summed E-state index contributed by atoms with van der Waals surface area (Å²) in [4.78, 5) is 13.1. The number of nitrogens with one attached hydrogen (secondary N) is 1. The van der Waals surface area contributed by atoms with Gasteiger partial charge in [0.15, 0.2) is 0 Å². The third kappa shape index (κ3) is 4.93. The van der Waals surface area contributed by atoms with Gasteiger partial charge in [-0.15, -0.1) is 0 Å². The average Bonchev–Trinajstić information content (AvgIpc) is 3.16. The molecule has 1 heterocycles. The molecule has 1 amide bonds. The smallest absolute Gasteiger partial charge is 0.251 e. The van der Waals surface area contributed by atoms with Crippen LogP contribution in [0.2, 0.25) is 0 Å². The van der Waals surface area contributed by atoms with Gasteiger partial charge in [0, 0.05) is 36.5 Å². The minimum atomic E-state index is -3.66. The first-order valence-corrected chi connectivity index (χ1v) is 13.2. The maximum atomic E-state index is 13.2. The lowest BCUT2D eigenvalue weighted by atomic mass is 9.96. The number of hydrogen-bond acceptors (Lipinski definition) is 4. The Balaban J connectivity index is 1.49. The second-order valence-electron chi connectivity index (χ2n) is 8.92. The van der Waals surface area contributed by atoms with E-state index in [2.05, 4.69) is 10.4 Å². The molecule has 0 saturated heterocycles. The van der Waals surface area contributed by atoms with Crippen molar-refractivity contribution in [1.82, 2.24) is 19.4 Å². The molecule has 0 bridgehead atoms. The highest BCUT2D eigenvalue weighted by molar-refractivity contribution is 7.89. The zero-order chi connectivity index (χ0) is 24.3. The summed E-state index contributed by atoms with van der Waals surface area (Å²) in [5.41, 5.74) is 4.02. The number of carbonyl (C=O) groups is 1. The van der Waals surface area contributed by atoms with E-state index in [-0.39, 0.29) is 16.8 Å². The first-order chi connectivity index (χ1) is 16.3. The maximum Gasteiger partial charge on any atom is 0.251 e. The highest BCUT2D eigenvalue weighted by Gasteiger charge is 2.29. The van der Waals surface area contributed by atoms with Crippen molar-refractivity contribution in [3.8, 4) is 5.69 Å². The van der Waals surface area contributed by atoms with Crippen molar-refractivity contribution in [3.63, 3.8) is 0 Å². The molecule has 7 nitrogen and oxygen atoms in total. The number of hydrogen-bond donors (Lipinski definition) is 1. The van der Waals surface area contributed by atoms with Gasteiger partial charge in [-0.3, -0.25) is 4.79 Å². The summed E-state index contributed by atoms with van der Waals surface area (Å²) < 4.78 is 29.7. The van der Waals surface area contributed by atoms with E-state index in [1.165, 1.54) is 10.4 Å². The normalized spacial score (nSPS) is 14.9. The van der Waals surface area contributed by atoms with Crippen molar-refractivity contribution in [2.75, 3.05) is 7.05 Å². The molecule has 4 rings (SSSR count). The Morgan fingerprint density at radius 2 is 1.76 bits per heavy atom. The number of sulfonamides is 1. The minimum Gasteiger partial charge on any atom is -0.348 e. The Hall–Kier alpha value is -2.97. The number of para-hydroxylation sites is 1. The topological polar surface area (TPSA) is 84.3 Å². The van der Waals surface area contributed by atoms with Gasteiger partial charge < -0.3 is 5.32 Å². The molecule has 34 heavy (non-hydrogen) atoms.